The highest BCUT2D eigenvalue weighted by molar-refractivity contribution is 7.53. The number of rotatable bonds is 3. The number of hydrogen-bond donors (Lipinski definition) is 1. The van der Waals surface area contributed by atoms with Crippen molar-refractivity contribution < 1.29 is 9.09 Å². The van der Waals surface area contributed by atoms with Crippen LogP contribution in [0.5, 0.6) is 0 Å². The average molecular weight is 207 g/mol. The third-order valence-electron chi connectivity index (χ3n) is 2.19. The van der Waals surface area contributed by atoms with Crippen LogP contribution in [0.1, 0.15) is 0 Å². The van der Waals surface area contributed by atoms with Gasteiger partial charge in [0.15, 0.2) is 0 Å². The standard InChI is InChI=1S/C7H18N3O2P/c1-9(2)13(11,12-3)10-6-4-8-5-7-10/h8H,4-7H2,1-3H3. The summed E-state index contributed by atoms with van der Waals surface area (Å²) in [7, 11) is 2.35. The van der Waals surface area contributed by atoms with Gasteiger partial charge in [0, 0.05) is 33.3 Å². The summed E-state index contributed by atoms with van der Waals surface area (Å²) < 4.78 is 20.9. The van der Waals surface area contributed by atoms with Crippen molar-refractivity contribution in [3.05, 3.63) is 0 Å². The van der Waals surface area contributed by atoms with E-state index >= 15 is 0 Å². The van der Waals surface area contributed by atoms with Gasteiger partial charge in [-0.2, -0.15) is 0 Å². The summed E-state index contributed by atoms with van der Waals surface area (Å²) in [6.07, 6.45) is 0. The molecule has 0 aromatic rings. The molecular weight excluding hydrogens is 189 g/mol. The third-order valence-corrected chi connectivity index (χ3v) is 4.80. The topological polar surface area (TPSA) is 44.8 Å². The van der Waals surface area contributed by atoms with E-state index in [1.54, 1.807) is 18.8 Å². The van der Waals surface area contributed by atoms with E-state index in [2.05, 4.69) is 5.32 Å². The first-order valence-electron chi connectivity index (χ1n) is 4.41. The maximum atomic E-state index is 12.2. The molecule has 0 amide bonds. The number of nitrogens with zero attached hydrogens (tertiary/aromatic N) is 2. The molecule has 0 aliphatic carbocycles. The van der Waals surface area contributed by atoms with Crippen LogP contribution in [-0.4, -0.2) is 56.7 Å². The minimum Gasteiger partial charge on any atom is -0.314 e. The van der Waals surface area contributed by atoms with Crippen molar-refractivity contribution in [3.63, 3.8) is 0 Å². The Morgan fingerprint density at radius 2 is 1.92 bits per heavy atom. The quantitative estimate of drug-likeness (QED) is 0.670. The van der Waals surface area contributed by atoms with Crippen molar-refractivity contribution in [2.45, 2.75) is 0 Å². The van der Waals surface area contributed by atoms with Gasteiger partial charge < -0.3 is 9.84 Å². The molecule has 1 heterocycles. The second-order valence-corrected chi connectivity index (χ2v) is 5.94. The molecule has 0 aromatic heterocycles. The molecule has 1 aliphatic rings. The summed E-state index contributed by atoms with van der Waals surface area (Å²) in [5.74, 6) is 0. The molecule has 1 unspecified atom stereocenters. The van der Waals surface area contributed by atoms with Gasteiger partial charge in [-0.25, -0.2) is 9.34 Å². The molecule has 1 rings (SSSR count). The van der Waals surface area contributed by atoms with E-state index in [1.807, 2.05) is 4.67 Å². The van der Waals surface area contributed by atoms with Gasteiger partial charge in [0.1, 0.15) is 0 Å². The van der Waals surface area contributed by atoms with Crippen LogP contribution in [0.25, 0.3) is 0 Å². The summed E-state index contributed by atoms with van der Waals surface area (Å²) >= 11 is 0. The summed E-state index contributed by atoms with van der Waals surface area (Å²) in [4.78, 5) is 0. The van der Waals surface area contributed by atoms with E-state index in [0.29, 0.717) is 0 Å². The molecule has 1 fully saturated rings. The molecule has 6 heteroatoms. The van der Waals surface area contributed by atoms with Crippen molar-refractivity contribution in [2.75, 3.05) is 47.4 Å². The molecule has 78 valence electrons. The van der Waals surface area contributed by atoms with E-state index < -0.39 is 7.67 Å². The van der Waals surface area contributed by atoms with Crippen LogP contribution in [0.4, 0.5) is 0 Å². The van der Waals surface area contributed by atoms with E-state index in [9.17, 15) is 4.57 Å². The number of nitrogens with one attached hydrogen (secondary N) is 1. The monoisotopic (exact) mass is 207 g/mol. The fraction of sp³-hybridized carbons (Fsp3) is 1.00. The van der Waals surface area contributed by atoms with Gasteiger partial charge in [0.05, 0.1) is 0 Å². The van der Waals surface area contributed by atoms with Gasteiger partial charge in [-0.1, -0.05) is 0 Å². The first-order valence-corrected chi connectivity index (χ1v) is 5.94. The van der Waals surface area contributed by atoms with Crippen molar-refractivity contribution in [1.29, 1.82) is 0 Å². The smallest absolute Gasteiger partial charge is 0.314 e. The van der Waals surface area contributed by atoms with Gasteiger partial charge in [-0.15, -0.1) is 0 Å². The van der Waals surface area contributed by atoms with Gasteiger partial charge >= 0.3 is 7.67 Å². The summed E-state index contributed by atoms with van der Waals surface area (Å²) in [5.41, 5.74) is 0. The number of hydrogen-bond acceptors (Lipinski definition) is 3. The fourth-order valence-electron chi connectivity index (χ4n) is 1.44. The Labute approximate surface area is 79.6 Å². The Morgan fingerprint density at radius 1 is 1.38 bits per heavy atom. The predicted molar refractivity (Wildman–Crippen MR) is 52.7 cm³/mol. The molecule has 0 bridgehead atoms. The van der Waals surface area contributed by atoms with Crippen LogP contribution in [0, 0.1) is 0 Å². The Hall–Kier alpha value is 0.0700. The molecular formula is C7H18N3O2P. The lowest BCUT2D eigenvalue weighted by Gasteiger charge is -2.36. The number of piperazine rings is 1. The summed E-state index contributed by atoms with van der Waals surface area (Å²) in [6.45, 7) is 3.31. The Balaban J connectivity index is 2.69. The maximum absolute atomic E-state index is 12.2. The molecule has 1 N–H and O–H groups in total. The molecule has 0 spiro atoms. The molecule has 1 aliphatic heterocycles. The molecule has 1 saturated heterocycles. The maximum Gasteiger partial charge on any atom is 0.345 e. The van der Waals surface area contributed by atoms with Crippen molar-refractivity contribution in [2.24, 2.45) is 0 Å². The second-order valence-electron chi connectivity index (χ2n) is 3.22. The average Bonchev–Trinajstić information content (AvgIpc) is 2.17. The molecule has 13 heavy (non-hydrogen) atoms. The predicted octanol–water partition coefficient (Wildman–Crippen LogP) is 0.208. The molecule has 5 nitrogen and oxygen atoms in total. The van der Waals surface area contributed by atoms with Gasteiger partial charge in [-0.3, -0.25) is 4.57 Å². The Morgan fingerprint density at radius 3 is 2.31 bits per heavy atom. The zero-order chi connectivity index (χ0) is 9.90. The van der Waals surface area contributed by atoms with Crippen molar-refractivity contribution >= 4 is 7.67 Å². The SMILES string of the molecule is COP(=O)(N(C)C)N1CCNCC1. The van der Waals surface area contributed by atoms with E-state index in [-0.39, 0.29) is 0 Å². The van der Waals surface area contributed by atoms with E-state index in [4.69, 9.17) is 4.52 Å². The minimum absolute atomic E-state index is 0.781. The highest BCUT2D eigenvalue weighted by atomic mass is 31.2. The van der Waals surface area contributed by atoms with Crippen molar-refractivity contribution in [3.8, 4) is 0 Å². The highest BCUT2D eigenvalue weighted by Gasteiger charge is 2.33. The van der Waals surface area contributed by atoms with Crippen LogP contribution in [0.2, 0.25) is 0 Å². The van der Waals surface area contributed by atoms with E-state index in [0.717, 1.165) is 26.2 Å². The van der Waals surface area contributed by atoms with Gasteiger partial charge in [0.25, 0.3) is 0 Å². The highest BCUT2D eigenvalue weighted by Crippen LogP contribution is 2.51. The van der Waals surface area contributed by atoms with Crippen LogP contribution in [0.15, 0.2) is 0 Å². The summed E-state index contributed by atoms with van der Waals surface area (Å²) in [5, 5.41) is 3.21. The normalized spacial score (nSPS) is 24.6. The molecule has 0 radical (unpaired) electrons. The van der Waals surface area contributed by atoms with Crippen LogP contribution in [0.3, 0.4) is 0 Å². The van der Waals surface area contributed by atoms with Gasteiger partial charge in [-0.05, 0) is 14.1 Å². The Bertz CT molecular complexity index is 204. The lowest BCUT2D eigenvalue weighted by molar-refractivity contribution is 0.247. The first-order chi connectivity index (χ1) is 6.11. The van der Waals surface area contributed by atoms with Gasteiger partial charge in [0.2, 0.25) is 0 Å². The lowest BCUT2D eigenvalue weighted by Crippen LogP contribution is -2.43. The lowest BCUT2D eigenvalue weighted by atomic mass is 10.4. The summed E-state index contributed by atoms with van der Waals surface area (Å²) in [6, 6.07) is 0. The third kappa shape index (κ3) is 2.30. The Kier molecular flexibility index (Phi) is 3.88. The largest absolute Gasteiger partial charge is 0.345 e. The fourth-order valence-corrected chi connectivity index (χ4v) is 3.21. The zero-order valence-electron chi connectivity index (χ0n) is 8.49. The molecule has 0 aromatic carbocycles. The van der Waals surface area contributed by atoms with E-state index in [1.165, 1.54) is 7.11 Å². The zero-order valence-corrected chi connectivity index (χ0v) is 9.38. The van der Waals surface area contributed by atoms with Crippen molar-refractivity contribution in [1.82, 2.24) is 14.7 Å². The molecule has 0 saturated carbocycles. The first kappa shape index (κ1) is 11.1. The van der Waals surface area contributed by atoms with Crippen LogP contribution >= 0.6 is 7.67 Å². The molecule has 1 atom stereocenters. The van der Waals surface area contributed by atoms with Crippen LogP contribution < -0.4 is 5.32 Å². The minimum atomic E-state index is -2.72. The second kappa shape index (κ2) is 4.53. The van der Waals surface area contributed by atoms with Crippen LogP contribution in [-0.2, 0) is 9.09 Å².